The molecule has 0 saturated carbocycles. The van der Waals surface area contributed by atoms with Gasteiger partial charge in [-0.15, -0.1) is 0 Å². The summed E-state index contributed by atoms with van der Waals surface area (Å²) in [6, 6.07) is 19.3. The molecule has 1 aromatic heterocycles. The van der Waals surface area contributed by atoms with Gasteiger partial charge in [0.1, 0.15) is 5.76 Å². The van der Waals surface area contributed by atoms with Gasteiger partial charge in [0, 0.05) is 5.56 Å². The van der Waals surface area contributed by atoms with Crippen LogP contribution in [0.1, 0.15) is 22.3 Å². The van der Waals surface area contributed by atoms with Gasteiger partial charge in [-0.25, -0.2) is 0 Å². The number of furan rings is 1. The van der Waals surface area contributed by atoms with Crippen LogP contribution in [-0.4, -0.2) is 0 Å². The normalized spacial score (nSPS) is 10.8. The SMILES string of the molecule is Cc1cccc(CCc2ccc(-c3ccco3)cc2C)c1. The maximum absolute atomic E-state index is 5.46. The van der Waals surface area contributed by atoms with E-state index in [1.54, 1.807) is 6.26 Å². The fourth-order valence-corrected chi connectivity index (χ4v) is 2.72. The molecule has 0 amide bonds. The van der Waals surface area contributed by atoms with Crippen molar-refractivity contribution in [2.45, 2.75) is 26.7 Å². The van der Waals surface area contributed by atoms with E-state index in [2.05, 4.69) is 56.3 Å². The summed E-state index contributed by atoms with van der Waals surface area (Å²) in [5.41, 5.74) is 6.63. The second-order valence-electron chi connectivity index (χ2n) is 5.61. The lowest BCUT2D eigenvalue weighted by molar-refractivity contribution is 0.582. The lowest BCUT2D eigenvalue weighted by atomic mass is 9.97. The van der Waals surface area contributed by atoms with E-state index in [0.29, 0.717) is 0 Å². The number of aryl methyl sites for hydroxylation is 4. The van der Waals surface area contributed by atoms with Crippen molar-refractivity contribution in [2.24, 2.45) is 0 Å². The Balaban J connectivity index is 1.74. The smallest absolute Gasteiger partial charge is 0.133 e. The average Bonchev–Trinajstić information content (AvgIpc) is 3.00. The van der Waals surface area contributed by atoms with Gasteiger partial charge in [-0.3, -0.25) is 0 Å². The summed E-state index contributed by atoms with van der Waals surface area (Å²) in [5.74, 6) is 0.934. The summed E-state index contributed by atoms with van der Waals surface area (Å²) in [6.45, 7) is 4.32. The Kier molecular flexibility index (Phi) is 3.92. The van der Waals surface area contributed by atoms with Crippen LogP contribution in [0, 0.1) is 13.8 Å². The Morgan fingerprint density at radius 3 is 2.48 bits per heavy atom. The third-order valence-electron chi connectivity index (χ3n) is 3.91. The predicted molar refractivity (Wildman–Crippen MR) is 87.5 cm³/mol. The monoisotopic (exact) mass is 276 g/mol. The predicted octanol–water partition coefficient (Wildman–Crippen LogP) is 5.35. The maximum atomic E-state index is 5.46. The van der Waals surface area contributed by atoms with E-state index in [4.69, 9.17) is 4.42 Å². The molecule has 106 valence electrons. The van der Waals surface area contributed by atoms with Crippen LogP contribution < -0.4 is 0 Å². The van der Waals surface area contributed by atoms with Crippen molar-refractivity contribution in [3.05, 3.63) is 83.1 Å². The molecule has 0 fully saturated rings. The number of benzene rings is 2. The summed E-state index contributed by atoms with van der Waals surface area (Å²) >= 11 is 0. The molecular formula is C20H20O. The Bertz CT molecular complexity index is 723. The first kappa shape index (κ1) is 13.7. The molecule has 0 radical (unpaired) electrons. The van der Waals surface area contributed by atoms with Gasteiger partial charge in [-0.2, -0.15) is 0 Å². The van der Waals surface area contributed by atoms with E-state index >= 15 is 0 Å². The van der Waals surface area contributed by atoms with Crippen LogP contribution >= 0.6 is 0 Å². The molecule has 0 atom stereocenters. The first-order valence-electron chi connectivity index (χ1n) is 7.41. The summed E-state index contributed by atoms with van der Waals surface area (Å²) in [5, 5.41) is 0. The molecule has 0 spiro atoms. The largest absolute Gasteiger partial charge is 0.464 e. The van der Waals surface area contributed by atoms with Gasteiger partial charge in [0.25, 0.3) is 0 Å². The molecule has 1 nitrogen and oxygen atoms in total. The minimum Gasteiger partial charge on any atom is -0.464 e. The summed E-state index contributed by atoms with van der Waals surface area (Å²) in [7, 11) is 0. The molecule has 0 aliphatic rings. The third kappa shape index (κ3) is 3.25. The van der Waals surface area contributed by atoms with Gasteiger partial charge in [-0.05, 0) is 61.6 Å². The second kappa shape index (κ2) is 6.01. The molecular weight excluding hydrogens is 256 g/mol. The molecule has 3 rings (SSSR count). The van der Waals surface area contributed by atoms with E-state index in [-0.39, 0.29) is 0 Å². The molecule has 0 unspecified atom stereocenters. The second-order valence-corrected chi connectivity index (χ2v) is 5.61. The zero-order valence-electron chi connectivity index (χ0n) is 12.6. The molecule has 21 heavy (non-hydrogen) atoms. The van der Waals surface area contributed by atoms with Crippen LogP contribution in [0.3, 0.4) is 0 Å². The van der Waals surface area contributed by atoms with Crippen molar-refractivity contribution in [3.63, 3.8) is 0 Å². The van der Waals surface area contributed by atoms with Crippen LogP contribution in [0.15, 0.2) is 65.3 Å². The molecule has 3 aromatic rings. The highest BCUT2D eigenvalue weighted by atomic mass is 16.3. The fourth-order valence-electron chi connectivity index (χ4n) is 2.72. The molecule has 2 aromatic carbocycles. The highest BCUT2D eigenvalue weighted by Crippen LogP contribution is 2.23. The molecule has 0 aliphatic heterocycles. The van der Waals surface area contributed by atoms with Crippen molar-refractivity contribution >= 4 is 0 Å². The van der Waals surface area contributed by atoms with Gasteiger partial charge in [-0.1, -0.05) is 42.0 Å². The molecule has 1 heteroatoms. The van der Waals surface area contributed by atoms with Crippen molar-refractivity contribution in [3.8, 4) is 11.3 Å². The summed E-state index contributed by atoms with van der Waals surface area (Å²) < 4.78 is 5.46. The van der Waals surface area contributed by atoms with Crippen molar-refractivity contribution in [2.75, 3.05) is 0 Å². The first-order valence-corrected chi connectivity index (χ1v) is 7.41. The Labute approximate surface area is 126 Å². The van der Waals surface area contributed by atoms with E-state index in [0.717, 1.165) is 24.2 Å². The Hall–Kier alpha value is -2.28. The van der Waals surface area contributed by atoms with Crippen LogP contribution in [0.4, 0.5) is 0 Å². The molecule has 0 aliphatic carbocycles. The summed E-state index contributed by atoms with van der Waals surface area (Å²) in [4.78, 5) is 0. The molecule has 1 heterocycles. The number of hydrogen-bond acceptors (Lipinski definition) is 1. The molecule has 0 bridgehead atoms. The highest BCUT2D eigenvalue weighted by molar-refractivity contribution is 5.59. The third-order valence-corrected chi connectivity index (χ3v) is 3.91. The maximum Gasteiger partial charge on any atom is 0.133 e. The lowest BCUT2D eigenvalue weighted by Gasteiger charge is -2.08. The quantitative estimate of drug-likeness (QED) is 0.626. The minimum atomic E-state index is 0.934. The van der Waals surface area contributed by atoms with E-state index in [1.807, 2.05) is 12.1 Å². The lowest BCUT2D eigenvalue weighted by Crippen LogP contribution is -1.95. The molecule has 0 N–H and O–H groups in total. The highest BCUT2D eigenvalue weighted by Gasteiger charge is 2.05. The van der Waals surface area contributed by atoms with Gasteiger partial charge in [0.2, 0.25) is 0 Å². The van der Waals surface area contributed by atoms with E-state index in [1.165, 1.54) is 22.3 Å². The van der Waals surface area contributed by atoms with Gasteiger partial charge < -0.3 is 4.42 Å². The number of hydrogen-bond donors (Lipinski definition) is 0. The number of rotatable bonds is 4. The van der Waals surface area contributed by atoms with Crippen LogP contribution in [0.25, 0.3) is 11.3 Å². The van der Waals surface area contributed by atoms with Crippen LogP contribution in [-0.2, 0) is 12.8 Å². The van der Waals surface area contributed by atoms with Crippen molar-refractivity contribution < 1.29 is 4.42 Å². The van der Waals surface area contributed by atoms with E-state index in [9.17, 15) is 0 Å². The Morgan fingerprint density at radius 1 is 0.857 bits per heavy atom. The standard InChI is InChI=1S/C20H20O/c1-15-5-3-6-17(13-15)8-9-18-10-11-19(14-16(18)2)20-7-4-12-21-20/h3-7,10-14H,8-9H2,1-2H3. The van der Waals surface area contributed by atoms with Crippen molar-refractivity contribution in [1.82, 2.24) is 0 Å². The van der Waals surface area contributed by atoms with Gasteiger partial charge in [0.05, 0.1) is 6.26 Å². The van der Waals surface area contributed by atoms with Crippen molar-refractivity contribution in [1.29, 1.82) is 0 Å². The average molecular weight is 276 g/mol. The topological polar surface area (TPSA) is 13.1 Å². The Morgan fingerprint density at radius 2 is 1.76 bits per heavy atom. The first-order chi connectivity index (χ1) is 10.2. The van der Waals surface area contributed by atoms with Crippen LogP contribution in [0.2, 0.25) is 0 Å². The fraction of sp³-hybridized carbons (Fsp3) is 0.200. The van der Waals surface area contributed by atoms with E-state index < -0.39 is 0 Å². The zero-order valence-corrected chi connectivity index (χ0v) is 12.6. The minimum absolute atomic E-state index is 0.934. The van der Waals surface area contributed by atoms with Gasteiger partial charge >= 0.3 is 0 Å². The van der Waals surface area contributed by atoms with Gasteiger partial charge in [0.15, 0.2) is 0 Å². The molecule has 0 saturated heterocycles. The van der Waals surface area contributed by atoms with Crippen LogP contribution in [0.5, 0.6) is 0 Å². The summed E-state index contributed by atoms with van der Waals surface area (Å²) in [6.07, 6.45) is 3.88. The zero-order chi connectivity index (χ0) is 14.7.